The molecular formula is C14H11BrF3N. The molecule has 0 atom stereocenters. The maximum absolute atomic E-state index is 13.1. The van der Waals surface area contributed by atoms with Crippen molar-refractivity contribution in [3.63, 3.8) is 0 Å². The summed E-state index contributed by atoms with van der Waals surface area (Å²) in [4.78, 5) is 0. The van der Waals surface area contributed by atoms with Crippen molar-refractivity contribution >= 4 is 21.6 Å². The van der Waals surface area contributed by atoms with Crippen LogP contribution in [0.15, 0.2) is 46.9 Å². The standard InChI is InChI=1S/C14H11BrF3N/c15-12-6-5-11(16)7-13(12)19-8-9-1-3-10(4-2-9)14(17)18/h1-7,14,19H,8H2. The van der Waals surface area contributed by atoms with E-state index in [2.05, 4.69) is 21.2 Å². The molecule has 0 bridgehead atoms. The molecule has 0 fully saturated rings. The lowest BCUT2D eigenvalue weighted by atomic mass is 10.1. The summed E-state index contributed by atoms with van der Waals surface area (Å²) in [7, 11) is 0. The molecule has 2 aromatic rings. The van der Waals surface area contributed by atoms with E-state index in [0.717, 1.165) is 10.0 Å². The summed E-state index contributed by atoms with van der Waals surface area (Å²) in [5.41, 5.74) is 1.47. The van der Waals surface area contributed by atoms with E-state index >= 15 is 0 Å². The van der Waals surface area contributed by atoms with Crippen LogP contribution in [0.2, 0.25) is 0 Å². The van der Waals surface area contributed by atoms with Crippen LogP contribution in [0.3, 0.4) is 0 Å². The van der Waals surface area contributed by atoms with Crippen LogP contribution in [0.5, 0.6) is 0 Å². The first kappa shape index (κ1) is 13.9. The first-order chi connectivity index (χ1) is 9.06. The number of nitrogens with one attached hydrogen (secondary N) is 1. The van der Waals surface area contributed by atoms with Crippen LogP contribution in [0.25, 0.3) is 0 Å². The fourth-order valence-electron chi connectivity index (χ4n) is 1.61. The molecule has 1 N–H and O–H groups in total. The number of hydrogen-bond donors (Lipinski definition) is 1. The lowest BCUT2D eigenvalue weighted by Gasteiger charge is -2.09. The molecule has 1 nitrogen and oxygen atoms in total. The van der Waals surface area contributed by atoms with Gasteiger partial charge in [0.1, 0.15) is 5.82 Å². The minimum Gasteiger partial charge on any atom is -0.380 e. The fourth-order valence-corrected chi connectivity index (χ4v) is 2.00. The third-order valence-corrected chi connectivity index (χ3v) is 3.33. The Labute approximate surface area is 117 Å². The largest absolute Gasteiger partial charge is 0.380 e. The van der Waals surface area contributed by atoms with Gasteiger partial charge >= 0.3 is 0 Å². The van der Waals surface area contributed by atoms with Crippen LogP contribution < -0.4 is 5.32 Å². The van der Waals surface area contributed by atoms with Crippen LogP contribution in [0, 0.1) is 5.82 Å². The summed E-state index contributed by atoms with van der Waals surface area (Å²) in [6.07, 6.45) is -2.46. The maximum atomic E-state index is 13.1. The minimum atomic E-state index is -2.46. The Morgan fingerprint density at radius 1 is 1.05 bits per heavy atom. The SMILES string of the molecule is Fc1ccc(Br)c(NCc2ccc(C(F)F)cc2)c1. The highest BCUT2D eigenvalue weighted by molar-refractivity contribution is 9.10. The Kier molecular flexibility index (Phi) is 4.47. The molecule has 19 heavy (non-hydrogen) atoms. The summed E-state index contributed by atoms with van der Waals surface area (Å²) in [5.74, 6) is -0.334. The van der Waals surface area contributed by atoms with Crippen molar-refractivity contribution in [2.45, 2.75) is 13.0 Å². The first-order valence-electron chi connectivity index (χ1n) is 5.62. The second-order valence-electron chi connectivity index (χ2n) is 4.02. The van der Waals surface area contributed by atoms with E-state index in [-0.39, 0.29) is 11.4 Å². The second-order valence-corrected chi connectivity index (χ2v) is 4.87. The normalized spacial score (nSPS) is 10.8. The third kappa shape index (κ3) is 3.73. The van der Waals surface area contributed by atoms with Gasteiger partial charge in [-0.05, 0) is 39.7 Å². The molecule has 0 spiro atoms. The molecule has 0 aliphatic heterocycles. The van der Waals surface area contributed by atoms with Crippen LogP contribution in [-0.4, -0.2) is 0 Å². The van der Waals surface area contributed by atoms with E-state index < -0.39 is 6.43 Å². The van der Waals surface area contributed by atoms with Crippen LogP contribution in [-0.2, 0) is 6.54 Å². The highest BCUT2D eigenvalue weighted by atomic mass is 79.9. The van der Waals surface area contributed by atoms with E-state index in [1.807, 2.05) is 0 Å². The molecule has 100 valence electrons. The highest BCUT2D eigenvalue weighted by Crippen LogP contribution is 2.24. The zero-order chi connectivity index (χ0) is 13.8. The molecule has 0 amide bonds. The average Bonchev–Trinajstić information content (AvgIpc) is 2.40. The van der Waals surface area contributed by atoms with Crippen LogP contribution in [0.4, 0.5) is 18.9 Å². The van der Waals surface area contributed by atoms with Gasteiger partial charge in [0, 0.05) is 16.6 Å². The van der Waals surface area contributed by atoms with E-state index in [9.17, 15) is 13.2 Å². The van der Waals surface area contributed by atoms with E-state index in [0.29, 0.717) is 12.2 Å². The molecular weight excluding hydrogens is 319 g/mol. The van der Waals surface area contributed by atoms with Crippen molar-refractivity contribution in [1.29, 1.82) is 0 Å². The van der Waals surface area contributed by atoms with Gasteiger partial charge < -0.3 is 5.32 Å². The van der Waals surface area contributed by atoms with Gasteiger partial charge in [-0.1, -0.05) is 24.3 Å². The summed E-state index contributed by atoms with van der Waals surface area (Å²) >= 11 is 3.31. The summed E-state index contributed by atoms with van der Waals surface area (Å²) in [6.45, 7) is 0.436. The van der Waals surface area contributed by atoms with Crippen molar-refractivity contribution in [3.8, 4) is 0 Å². The van der Waals surface area contributed by atoms with Gasteiger partial charge in [0.25, 0.3) is 6.43 Å². The Balaban J connectivity index is 2.04. The Hall–Kier alpha value is -1.49. The van der Waals surface area contributed by atoms with Gasteiger partial charge in [-0.2, -0.15) is 0 Å². The number of hydrogen-bond acceptors (Lipinski definition) is 1. The monoisotopic (exact) mass is 329 g/mol. The zero-order valence-electron chi connectivity index (χ0n) is 9.84. The van der Waals surface area contributed by atoms with E-state index in [1.165, 1.54) is 24.3 Å². The molecule has 0 saturated heterocycles. The summed E-state index contributed by atoms with van der Waals surface area (Å²) in [6, 6.07) is 10.4. The highest BCUT2D eigenvalue weighted by Gasteiger charge is 2.06. The van der Waals surface area contributed by atoms with Crippen molar-refractivity contribution in [3.05, 3.63) is 63.9 Å². The smallest absolute Gasteiger partial charge is 0.263 e. The van der Waals surface area contributed by atoms with Gasteiger partial charge in [0.05, 0.1) is 5.69 Å². The number of halogens is 4. The van der Waals surface area contributed by atoms with E-state index in [4.69, 9.17) is 0 Å². The predicted octanol–water partition coefficient (Wildman–Crippen LogP) is 5.14. The van der Waals surface area contributed by atoms with Gasteiger partial charge in [-0.3, -0.25) is 0 Å². The Bertz CT molecular complexity index is 555. The predicted molar refractivity (Wildman–Crippen MR) is 72.8 cm³/mol. The number of anilines is 1. The van der Waals surface area contributed by atoms with E-state index in [1.54, 1.807) is 18.2 Å². The minimum absolute atomic E-state index is 0.00399. The summed E-state index contributed by atoms with van der Waals surface area (Å²) < 4.78 is 38.6. The van der Waals surface area contributed by atoms with Crippen molar-refractivity contribution in [2.75, 3.05) is 5.32 Å². The van der Waals surface area contributed by atoms with Crippen molar-refractivity contribution in [1.82, 2.24) is 0 Å². The number of rotatable bonds is 4. The third-order valence-electron chi connectivity index (χ3n) is 2.64. The first-order valence-corrected chi connectivity index (χ1v) is 6.41. The van der Waals surface area contributed by atoms with Gasteiger partial charge in [-0.25, -0.2) is 13.2 Å². The lowest BCUT2D eigenvalue weighted by Crippen LogP contribution is -2.00. The number of benzene rings is 2. The summed E-state index contributed by atoms with van der Waals surface area (Å²) in [5, 5.41) is 3.04. The molecule has 0 aliphatic carbocycles. The average molecular weight is 330 g/mol. The zero-order valence-corrected chi connectivity index (χ0v) is 11.4. The Morgan fingerprint density at radius 2 is 1.74 bits per heavy atom. The molecule has 0 saturated carbocycles. The molecule has 0 unspecified atom stereocenters. The molecule has 2 aromatic carbocycles. The molecule has 0 aliphatic rings. The molecule has 0 radical (unpaired) electrons. The molecule has 2 rings (SSSR count). The quantitative estimate of drug-likeness (QED) is 0.819. The van der Waals surface area contributed by atoms with Crippen LogP contribution in [0.1, 0.15) is 17.6 Å². The number of alkyl halides is 2. The molecule has 0 aromatic heterocycles. The van der Waals surface area contributed by atoms with Gasteiger partial charge in [0.15, 0.2) is 0 Å². The fraction of sp³-hybridized carbons (Fsp3) is 0.143. The maximum Gasteiger partial charge on any atom is 0.263 e. The van der Waals surface area contributed by atoms with Crippen LogP contribution >= 0.6 is 15.9 Å². The molecule has 0 heterocycles. The topological polar surface area (TPSA) is 12.0 Å². The lowest BCUT2D eigenvalue weighted by molar-refractivity contribution is 0.151. The van der Waals surface area contributed by atoms with Crippen molar-refractivity contribution < 1.29 is 13.2 Å². The van der Waals surface area contributed by atoms with Gasteiger partial charge in [0.2, 0.25) is 0 Å². The van der Waals surface area contributed by atoms with Crippen molar-refractivity contribution in [2.24, 2.45) is 0 Å². The second kappa shape index (κ2) is 6.10. The Morgan fingerprint density at radius 3 is 2.37 bits per heavy atom. The van der Waals surface area contributed by atoms with Gasteiger partial charge in [-0.15, -0.1) is 0 Å². The molecule has 5 heteroatoms.